The number of pyridine rings is 1. The SMILES string of the molecule is O=Cc1cccnc1-c1cc(F)cc(F)c1. The average Bonchev–Trinajstić information content (AvgIpc) is 2.27. The van der Waals surface area contributed by atoms with E-state index in [-0.39, 0.29) is 11.3 Å². The van der Waals surface area contributed by atoms with Crippen LogP contribution in [0.5, 0.6) is 0 Å². The van der Waals surface area contributed by atoms with Gasteiger partial charge in [0.1, 0.15) is 11.6 Å². The van der Waals surface area contributed by atoms with Crippen LogP contribution >= 0.6 is 0 Å². The van der Waals surface area contributed by atoms with Crippen LogP contribution < -0.4 is 0 Å². The number of halogens is 2. The van der Waals surface area contributed by atoms with Gasteiger partial charge in [0, 0.05) is 23.4 Å². The maximum atomic E-state index is 13.0. The van der Waals surface area contributed by atoms with Crippen molar-refractivity contribution in [2.75, 3.05) is 0 Å². The fourth-order valence-electron chi connectivity index (χ4n) is 1.44. The molecule has 0 amide bonds. The Hall–Kier alpha value is -2.10. The van der Waals surface area contributed by atoms with Crippen LogP contribution in [-0.2, 0) is 0 Å². The van der Waals surface area contributed by atoms with Crippen molar-refractivity contribution < 1.29 is 13.6 Å². The number of rotatable bonds is 2. The minimum atomic E-state index is -0.697. The molecule has 0 fully saturated rings. The Bertz CT molecular complexity index is 520. The van der Waals surface area contributed by atoms with E-state index in [1.165, 1.54) is 12.3 Å². The van der Waals surface area contributed by atoms with Gasteiger partial charge in [-0.05, 0) is 24.3 Å². The molecule has 0 aliphatic carbocycles. The highest BCUT2D eigenvalue weighted by atomic mass is 19.1. The Balaban J connectivity index is 2.62. The number of carbonyl (C=O) groups is 1. The molecular formula is C12H7F2NO. The minimum Gasteiger partial charge on any atom is -0.298 e. The van der Waals surface area contributed by atoms with Gasteiger partial charge in [0.05, 0.1) is 5.69 Å². The van der Waals surface area contributed by atoms with Gasteiger partial charge in [-0.25, -0.2) is 8.78 Å². The molecule has 1 heterocycles. The van der Waals surface area contributed by atoms with Gasteiger partial charge in [-0.3, -0.25) is 9.78 Å². The van der Waals surface area contributed by atoms with Gasteiger partial charge in [-0.2, -0.15) is 0 Å². The van der Waals surface area contributed by atoms with Gasteiger partial charge in [-0.15, -0.1) is 0 Å². The van der Waals surface area contributed by atoms with Crippen molar-refractivity contribution in [2.45, 2.75) is 0 Å². The first-order chi connectivity index (χ1) is 7.70. The molecule has 80 valence electrons. The summed E-state index contributed by atoms with van der Waals surface area (Å²) in [6, 6.07) is 6.17. The normalized spacial score (nSPS) is 10.1. The fourth-order valence-corrected chi connectivity index (χ4v) is 1.44. The minimum absolute atomic E-state index is 0.250. The summed E-state index contributed by atoms with van der Waals surface area (Å²) in [6.45, 7) is 0. The summed E-state index contributed by atoms with van der Waals surface area (Å²) in [5, 5.41) is 0. The van der Waals surface area contributed by atoms with Crippen LogP contribution in [0.15, 0.2) is 36.5 Å². The zero-order valence-electron chi connectivity index (χ0n) is 8.15. The van der Waals surface area contributed by atoms with Crippen LogP contribution in [0.4, 0.5) is 8.78 Å². The number of hydrogen-bond acceptors (Lipinski definition) is 2. The zero-order chi connectivity index (χ0) is 11.5. The monoisotopic (exact) mass is 219 g/mol. The van der Waals surface area contributed by atoms with Crippen LogP contribution in [0.2, 0.25) is 0 Å². The fraction of sp³-hybridized carbons (Fsp3) is 0. The topological polar surface area (TPSA) is 30.0 Å². The maximum Gasteiger partial charge on any atom is 0.152 e. The van der Waals surface area contributed by atoms with E-state index < -0.39 is 11.6 Å². The van der Waals surface area contributed by atoms with Crippen molar-refractivity contribution in [1.29, 1.82) is 0 Å². The molecule has 1 aromatic carbocycles. The molecule has 0 N–H and O–H groups in total. The predicted octanol–water partition coefficient (Wildman–Crippen LogP) is 2.84. The Labute approximate surface area is 90.6 Å². The molecule has 4 heteroatoms. The molecule has 2 aromatic rings. The van der Waals surface area contributed by atoms with E-state index in [1.807, 2.05) is 0 Å². The largest absolute Gasteiger partial charge is 0.298 e. The molecule has 2 nitrogen and oxygen atoms in total. The lowest BCUT2D eigenvalue weighted by atomic mass is 10.1. The third-order valence-corrected chi connectivity index (χ3v) is 2.10. The summed E-state index contributed by atoms with van der Waals surface area (Å²) in [7, 11) is 0. The molecule has 16 heavy (non-hydrogen) atoms. The highest BCUT2D eigenvalue weighted by Crippen LogP contribution is 2.21. The van der Waals surface area contributed by atoms with Crippen molar-refractivity contribution in [3.63, 3.8) is 0 Å². The van der Waals surface area contributed by atoms with Gasteiger partial charge in [-0.1, -0.05) is 0 Å². The average molecular weight is 219 g/mol. The van der Waals surface area contributed by atoms with Crippen molar-refractivity contribution in [3.05, 3.63) is 53.7 Å². The summed E-state index contributed by atoms with van der Waals surface area (Å²) in [5.74, 6) is -1.39. The summed E-state index contributed by atoms with van der Waals surface area (Å²) in [4.78, 5) is 14.7. The van der Waals surface area contributed by atoms with E-state index in [2.05, 4.69) is 4.98 Å². The quantitative estimate of drug-likeness (QED) is 0.727. The Morgan fingerprint density at radius 2 is 1.81 bits per heavy atom. The smallest absolute Gasteiger partial charge is 0.152 e. The van der Waals surface area contributed by atoms with Gasteiger partial charge in [0.15, 0.2) is 6.29 Å². The maximum absolute atomic E-state index is 13.0. The van der Waals surface area contributed by atoms with E-state index in [4.69, 9.17) is 0 Å². The Kier molecular flexibility index (Phi) is 2.72. The summed E-state index contributed by atoms with van der Waals surface area (Å²) >= 11 is 0. The first kappa shape index (κ1) is 10.4. The second kappa shape index (κ2) is 4.18. The van der Waals surface area contributed by atoms with Crippen LogP contribution in [0.1, 0.15) is 10.4 Å². The summed E-state index contributed by atoms with van der Waals surface area (Å²) < 4.78 is 26.0. The highest BCUT2D eigenvalue weighted by Gasteiger charge is 2.08. The van der Waals surface area contributed by atoms with E-state index in [1.54, 1.807) is 6.07 Å². The summed E-state index contributed by atoms with van der Waals surface area (Å²) in [6.07, 6.45) is 2.07. The number of carbonyl (C=O) groups excluding carboxylic acids is 1. The third-order valence-electron chi connectivity index (χ3n) is 2.10. The van der Waals surface area contributed by atoms with Gasteiger partial charge in [0.2, 0.25) is 0 Å². The van der Waals surface area contributed by atoms with Gasteiger partial charge >= 0.3 is 0 Å². The van der Waals surface area contributed by atoms with Crippen LogP contribution in [0.25, 0.3) is 11.3 Å². The second-order valence-electron chi connectivity index (χ2n) is 3.22. The first-order valence-electron chi connectivity index (χ1n) is 4.57. The van der Waals surface area contributed by atoms with E-state index in [0.717, 1.165) is 18.2 Å². The second-order valence-corrected chi connectivity index (χ2v) is 3.22. The standard InChI is InChI=1S/C12H7F2NO/c13-10-4-9(5-11(14)6-10)12-8(7-16)2-1-3-15-12/h1-7H. The first-order valence-corrected chi connectivity index (χ1v) is 4.57. The van der Waals surface area contributed by atoms with E-state index in [9.17, 15) is 13.6 Å². The molecule has 0 aliphatic rings. The molecule has 0 aliphatic heterocycles. The molecule has 2 rings (SSSR count). The molecule has 0 bridgehead atoms. The zero-order valence-corrected chi connectivity index (χ0v) is 8.15. The number of hydrogen-bond donors (Lipinski definition) is 0. The van der Waals surface area contributed by atoms with Gasteiger partial charge < -0.3 is 0 Å². The molecular weight excluding hydrogens is 212 g/mol. The summed E-state index contributed by atoms with van der Waals surface area (Å²) in [5.41, 5.74) is 0.823. The highest BCUT2D eigenvalue weighted by molar-refractivity contribution is 5.85. The number of nitrogens with zero attached hydrogens (tertiary/aromatic N) is 1. The van der Waals surface area contributed by atoms with Crippen LogP contribution in [0, 0.1) is 11.6 Å². The van der Waals surface area contributed by atoms with E-state index in [0.29, 0.717) is 11.8 Å². The molecule has 1 aromatic heterocycles. The van der Waals surface area contributed by atoms with Crippen LogP contribution in [0.3, 0.4) is 0 Å². The van der Waals surface area contributed by atoms with E-state index >= 15 is 0 Å². The molecule has 0 saturated carbocycles. The molecule has 0 atom stereocenters. The lowest BCUT2D eigenvalue weighted by Gasteiger charge is -2.03. The number of aromatic nitrogens is 1. The van der Waals surface area contributed by atoms with Crippen LogP contribution in [-0.4, -0.2) is 11.3 Å². The Morgan fingerprint density at radius 1 is 1.12 bits per heavy atom. The molecule has 0 saturated heterocycles. The third kappa shape index (κ3) is 1.95. The number of aldehydes is 1. The van der Waals surface area contributed by atoms with Gasteiger partial charge in [0.25, 0.3) is 0 Å². The molecule has 0 spiro atoms. The van der Waals surface area contributed by atoms with Crippen molar-refractivity contribution in [3.8, 4) is 11.3 Å². The lowest BCUT2D eigenvalue weighted by molar-refractivity contribution is 0.112. The molecule has 0 unspecified atom stereocenters. The van der Waals surface area contributed by atoms with Crippen molar-refractivity contribution in [2.24, 2.45) is 0 Å². The van der Waals surface area contributed by atoms with Crippen molar-refractivity contribution in [1.82, 2.24) is 4.98 Å². The Morgan fingerprint density at radius 3 is 2.44 bits per heavy atom. The van der Waals surface area contributed by atoms with Crippen molar-refractivity contribution >= 4 is 6.29 Å². The number of benzene rings is 1. The lowest BCUT2D eigenvalue weighted by Crippen LogP contribution is -1.92. The predicted molar refractivity (Wildman–Crippen MR) is 55.0 cm³/mol. The molecule has 0 radical (unpaired) electrons.